The summed E-state index contributed by atoms with van der Waals surface area (Å²) in [6.45, 7) is 5.21. The monoisotopic (exact) mass is 552 g/mol. The van der Waals surface area contributed by atoms with Crippen LogP contribution < -0.4 is 10.2 Å². The molecule has 39 heavy (non-hydrogen) atoms. The Morgan fingerprint density at radius 3 is 2.56 bits per heavy atom. The summed E-state index contributed by atoms with van der Waals surface area (Å²) in [6.07, 6.45) is 3.73. The van der Waals surface area contributed by atoms with Gasteiger partial charge in [0.25, 0.3) is 5.91 Å². The summed E-state index contributed by atoms with van der Waals surface area (Å²) in [5.74, 6) is -0.971. The summed E-state index contributed by atoms with van der Waals surface area (Å²) in [4.78, 5) is 44.2. The van der Waals surface area contributed by atoms with Crippen LogP contribution in [0.3, 0.4) is 0 Å². The van der Waals surface area contributed by atoms with Crippen LogP contribution in [-0.4, -0.2) is 69.6 Å². The zero-order valence-electron chi connectivity index (χ0n) is 21.9. The molecule has 1 N–H and O–H groups in total. The minimum atomic E-state index is -0.475. The van der Waals surface area contributed by atoms with Gasteiger partial charge in [-0.3, -0.25) is 9.59 Å². The van der Waals surface area contributed by atoms with Gasteiger partial charge in [0.05, 0.1) is 28.5 Å². The topological polar surface area (TPSA) is 90.8 Å². The Balaban J connectivity index is 1.38. The lowest BCUT2D eigenvalue weighted by Gasteiger charge is -2.29. The average Bonchev–Trinajstić information content (AvgIpc) is 3.58. The van der Waals surface area contributed by atoms with Crippen LogP contribution >= 0.6 is 11.6 Å². The molecule has 11 heteroatoms. The number of aromatic nitrogens is 2. The molecule has 9 nitrogen and oxygen atoms in total. The van der Waals surface area contributed by atoms with Crippen LogP contribution in [0, 0.1) is 12.7 Å². The Morgan fingerprint density at radius 2 is 1.87 bits per heavy atom. The first-order valence-corrected chi connectivity index (χ1v) is 13.3. The van der Waals surface area contributed by atoms with Crippen LogP contribution in [0.15, 0.2) is 48.7 Å². The van der Waals surface area contributed by atoms with Crippen molar-refractivity contribution in [2.45, 2.75) is 39.3 Å². The Kier molecular flexibility index (Phi) is 7.56. The van der Waals surface area contributed by atoms with Crippen LogP contribution in [-0.2, 0) is 11.3 Å². The van der Waals surface area contributed by atoms with Crippen molar-refractivity contribution in [1.29, 1.82) is 0 Å². The number of amides is 4. The Morgan fingerprint density at radius 1 is 1.10 bits per heavy atom. The van der Waals surface area contributed by atoms with Crippen molar-refractivity contribution in [2.75, 3.05) is 31.1 Å². The third kappa shape index (κ3) is 5.61. The van der Waals surface area contributed by atoms with Crippen LogP contribution in [0.25, 0.3) is 5.69 Å². The average molecular weight is 553 g/mol. The number of likely N-dealkylation sites (tertiary alicyclic amines) is 1. The molecule has 1 fully saturated rings. The lowest BCUT2D eigenvalue weighted by atomic mass is 10.1. The largest absolute Gasteiger partial charge is 0.341 e. The highest BCUT2D eigenvalue weighted by molar-refractivity contribution is 6.34. The molecule has 4 amide bonds. The number of carbonyl (C=O) groups is 3. The number of benzene rings is 2. The third-order valence-electron chi connectivity index (χ3n) is 7.18. The lowest BCUT2D eigenvalue weighted by Crippen LogP contribution is -2.50. The maximum absolute atomic E-state index is 14.3. The summed E-state index contributed by atoms with van der Waals surface area (Å²) in [7, 11) is 0. The van der Waals surface area contributed by atoms with Gasteiger partial charge in [-0.05, 0) is 74.7 Å². The highest BCUT2D eigenvalue weighted by Gasteiger charge is 2.33. The molecular weight excluding hydrogens is 523 g/mol. The number of fused-ring (bicyclic) bond motifs is 1. The number of rotatable bonds is 4. The highest BCUT2D eigenvalue weighted by Crippen LogP contribution is 2.31. The predicted molar refractivity (Wildman–Crippen MR) is 146 cm³/mol. The van der Waals surface area contributed by atoms with Gasteiger partial charge in [-0.1, -0.05) is 11.6 Å². The van der Waals surface area contributed by atoms with E-state index in [9.17, 15) is 18.8 Å². The zero-order valence-corrected chi connectivity index (χ0v) is 22.6. The fourth-order valence-electron chi connectivity index (χ4n) is 5.06. The molecule has 5 rings (SSSR count). The van der Waals surface area contributed by atoms with E-state index >= 15 is 0 Å². The summed E-state index contributed by atoms with van der Waals surface area (Å²) in [6, 6.07) is 10.2. The van der Waals surface area contributed by atoms with Crippen LogP contribution in [0.4, 0.5) is 14.9 Å². The van der Waals surface area contributed by atoms with Crippen LogP contribution in [0.1, 0.15) is 41.4 Å². The molecule has 0 unspecified atom stereocenters. The second-order valence-corrected chi connectivity index (χ2v) is 10.4. The van der Waals surface area contributed by atoms with E-state index in [1.807, 2.05) is 26.1 Å². The number of halogens is 2. The number of urea groups is 1. The van der Waals surface area contributed by atoms with E-state index in [-0.39, 0.29) is 42.0 Å². The van der Waals surface area contributed by atoms with Gasteiger partial charge in [0.2, 0.25) is 5.91 Å². The van der Waals surface area contributed by atoms with Gasteiger partial charge < -0.3 is 20.0 Å². The predicted octanol–water partition coefficient (Wildman–Crippen LogP) is 4.16. The Hall–Kier alpha value is -3.92. The van der Waals surface area contributed by atoms with Crippen molar-refractivity contribution in [2.24, 2.45) is 0 Å². The van der Waals surface area contributed by atoms with E-state index in [0.29, 0.717) is 30.0 Å². The number of anilines is 1. The molecule has 2 aromatic carbocycles. The number of nitrogens with one attached hydrogen (secondary N) is 1. The highest BCUT2D eigenvalue weighted by atomic mass is 35.5. The molecule has 1 saturated heterocycles. The van der Waals surface area contributed by atoms with Crippen molar-refractivity contribution in [3.05, 3.63) is 76.3 Å². The van der Waals surface area contributed by atoms with E-state index in [1.165, 1.54) is 21.9 Å². The first-order chi connectivity index (χ1) is 18.7. The van der Waals surface area contributed by atoms with Gasteiger partial charge in [0.15, 0.2) is 0 Å². The van der Waals surface area contributed by atoms with Crippen LogP contribution in [0.2, 0.25) is 5.02 Å². The van der Waals surface area contributed by atoms with Crippen molar-refractivity contribution >= 4 is 35.1 Å². The molecule has 3 aromatic rings. The van der Waals surface area contributed by atoms with Crippen molar-refractivity contribution in [1.82, 2.24) is 24.9 Å². The number of nitrogens with zero attached hydrogens (tertiary/aromatic N) is 5. The first kappa shape index (κ1) is 26.7. The first-order valence-electron chi connectivity index (χ1n) is 13.0. The minimum absolute atomic E-state index is 0.0765. The summed E-state index contributed by atoms with van der Waals surface area (Å²) in [5.41, 5.74) is 2.82. The molecular formula is C28H30ClFN6O3. The van der Waals surface area contributed by atoms with Gasteiger partial charge in [-0.2, -0.15) is 5.10 Å². The summed E-state index contributed by atoms with van der Waals surface area (Å²) >= 11 is 6.57. The molecule has 0 saturated carbocycles. The van der Waals surface area contributed by atoms with E-state index in [0.717, 1.165) is 18.5 Å². The maximum atomic E-state index is 14.3. The van der Waals surface area contributed by atoms with Gasteiger partial charge >= 0.3 is 6.03 Å². The van der Waals surface area contributed by atoms with Gasteiger partial charge in [0.1, 0.15) is 5.82 Å². The van der Waals surface area contributed by atoms with Gasteiger partial charge in [0, 0.05) is 44.1 Å². The van der Waals surface area contributed by atoms with Crippen molar-refractivity contribution in [3.8, 4) is 5.69 Å². The number of hydrogen-bond acceptors (Lipinski definition) is 4. The fourth-order valence-corrected chi connectivity index (χ4v) is 5.32. The third-order valence-corrected chi connectivity index (χ3v) is 7.49. The lowest BCUT2D eigenvalue weighted by molar-refractivity contribution is -0.129. The van der Waals surface area contributed by atoms with Crippen LogP contribution in [0.5, 0.6) is 0 Å². The molecule has 0 radical (unpaired) electrons. The molecule has 2 aliphatic heterocycles. The molecule has 204 valence electrons. The van der Waals surface area contributed by atoms with E-state index in [1.54, 1.807) is 33.8 Å². The SMILES string of the molecule is Cc1ccn(-c2ccc(C(=O)N3C[C@@H](C)N(C(=O)NCC(=O)N4CCCC4)Cc4cc(F)ccc43)c(Cl)c2)n1. The second kappa shape index (κ2) is 11.1. The zero-order chi connectivity index (χ0) is 27.7. The van der Waals surface area contributed by atoms with E-state index in [2.05, 4.69) is 10.4 Å². The molecule has 0 aliphatic carbocycles. The maximum Gasteiger partial charge on any atom is 0.318 e. The molecule has 1 atom stereocenters. The Bertz CT molecular complexity index is 1420. The normalized spacial score (nSPS) is 17.1. The summed E-state index contributed by atoms with van der Waals surface area (Å²) in [5, 5.41) is 7.34. The van der Waals surface area contributed by atoms with Gasteiger partial charge in [-0.15, -0.1) is 0 Å². The van der Waals surface area contributed by atoms with Crippen molar-refractivity contribution in [3.63, 3.8) is 0 Å². The second-order valence-electron chi connectivity index (χ2n) is 9.98. The fraction of sp³-hybridized carbons (Fsp3) is 0.357. The van der Waals surface area contributed by atoms with E-state index in [4.69, 9.17) is 11.6 Å². The minimum Gasteiger partial charge on any atom is -0.341 e. The molecule has 2 aliphatic rings. The number of carbonyl (C=O) groups excluding carboxylic acids is 3. The van der Waals surface area contributed by atoms with E-state index < -0.39 is 17.9 Å². The molecule has 3 heterocycles. The molecule has 0 bridgehead atoms. The molecule has 0 spiro atoms. The quantitative estimate of drug-likeness (QED) is 0.526. The Labute approximate surface area is 231 Å². The number of aryl methyl sites for hydroxylation is 1. The summed E-state index contributed by atoms with van der Waals surface area (Å²) < 4.78 is 16.0. The van der Waals surface area contributed by atoms with Crippen molar-refractivity contribution < 1.29 is 18.8 Å². The molecule has 1 aromatic heterocycles. The number of hydrogen-bond donors (Lipinski definition) is 1. The van der Waals surface area contributed by atoms with Gasteiger partial charge in [-0.25, -0.2) is 13.9 Å². The standard InChI is InChI=1S/C28H30ClFN6O3/c1-18-9-12-36(32-18)22-6-7-23(24(29)14-22)27(38)35-16-19(2)34(17-20-13-21(30)5-8-25(20)35)28(39)31-15-26(37)33-10-3-4-11-33/h5-9,12-14,19H,3-4,10-11,15-17H2,1-2H3,(H,31,39)/t19-/m1/s1. The smallest absolute Gasteiger partial charge is 0.318 e.